The van der Waals surface area contributed by atoms with E-state index in [2.05, 4.69) is 23.7 Å². The second kappa shape index (κ2) is 4.96. The minimum absolute atomic E-state index is 0.158. The molecular formula is C12H21ClN4. The first-order valence-electron chi connectivity index (χ1n) is 6.17. The van der Waals surface area contributed by atoms with E-state index < -0.39 is 0 Å². The molecule has 1 aliphatic heterocycles. The Labute approximate surface area is 108 Å². The van der Waals surface area contributed by atoms with Crippen LogP contribution in [-0.4, -0.2) is 33.6 Å². The third-order valence-electron chi connectivity index (χ3n) is 3.38. The van der Waals surface area contributed by atoms with E-state index in [0.29, 0.717) is 11.1 Å². The lowest BCUT2D eigenvalue weighted by atomic mass is 10.1. The maximum Gasteiger partial charge on any atom is 0.128 e. The number of nitrogens with two attached hydrogens (primary N) is 1. The molecule has 0 radical (unpaired) electrons. The Morgan fingerprint density at radius 1 is 1.59 bits per heavy atom. The molecule has 5 heteroatoms. The van der Waals surface area contributed by atoms with E-state index in [1.54, 1.807) is 6.20 Å². The fourth-order valence-electron chi connectivity index (χ4n) is 2.59. The third-order valence-corrected chi connectivity index (χ3v) is 3.73. The van der Waals surface area contributed by atoms with Crippen molar-refractivity contribution in [3.63, 3.8) is 0 Å². The first-order chi connectivity index (χ1) is 8.00. The average molecular weight is 257 g/mol. The monoisotopic (exact) mass is 256 g/mol. The molecule has 4 nitrogen and oxygen atoms in total. The van der Waals surface area contributed by atoms with Crippen molar-refractivity contribution in [2.24, 2.45) is 18.7 Å². The second-order valence-corrected chi connectivity index (χ2v) is 5.67. The topological polar surface area (TPSA) is 47.1 Å². The zero-order chi connectivity index (χ0) is 12.6. The van der Waals surface area contributed by atoms with Crippen molar-refractivity contribution >= 4 is 11.6 Å². The summed E-state index contributed by atoms with van der Waals surface area (Å²) in [6, 6.07) is 0.362. The Hall–Kier alpha value is -0.580. The van der Waals surface area contributed by atoms with Crippen molar-refractivity contribution in [1.82, 2.24) is 14.5 Å². The Morgan fingerprint density at radius 2 is 2.29 bits per heavy atom. The summed E-state index contributed by atoms with van der Waals surface area (Å²) in [5, 5.41) is 0.670. The van der Waals surface area contributed by atoms with E-state index in [1.807, 2.05) is 11.6 Å². The summed E-state index contributed by atoms with van der Waals surface area (Å²) in [6.07, 6.45) is 2.73. The molecule has 0 saturated carbocycles. The molecule has 1 aliphatic rings. The Bertz CT molecular complexity index is 388. The van der Waals surface area contributed by atoms with Gasteiger partial charge in [0.1, 0.15) is 11.0 Å². The van der Waals surface area contributed by atoms with E-state index in [0.717, 1.165) is 25.3 Å². The smallest absolute Gasteiger partial charge is 0.128 e. The van der Waals surface area contributed by atoms with Gasteiger partial charge in [-0.2, -0.15) is 0 Å². The molecule has 2 rings (SSSR count). The van der Waals surface area contributed by atoms with Crippen molar-refractivity contribution in [2.75, 3.05) is 13.1 Å². The lowest BCUT2D eigenvalue weighted by molar-refractivity contribution is 0.211. The van der Waals surface area contributed by atoms with Crippen molar-refractivity contribution in [2.45, 2.75) is 32.4 Å². The first kappa shape index (κ1) is 12.9. The highest BCUT2D eigenvalue weighted by molar-refractivity contribution is 6.29. The largest absolute Gasteiger partial charge is 0.326 e. The molecule has 0 amide bonds. The van der Waals surface area contributed by atoms with E-state index >= 15 is 0 Å². The van der Waals surface area contributed by atoms with Gasteiger partial charge in [0.15, 0.2) is 0 Å². The fourth-order valence-corrected chi connectivity index (χ4v) is 2.72. The van der Waals surface area contributed by atoms with Crippen LogP contribution in [-0.2, 0) is 7.05 Å². The predicted molar refractivity (Wildman–Crippen MR) is 70.0 cm³/mol. The number of halogens is 1. The first-order valence-corrected chi connectivity index (χ1v) is 6.55. The minimum atomic E-state index is 0.158. The van der Waals surface area contributed by atoms with Crippen molar-refractivity contribution in [1.29, 1.82) is 0 Å². The summed E-state index contributed by atoms with van der Waals surface area (Å²) in [5.41, 5.74) is 6.22. The lowest BCUT2D eigenvalue weighted by Gasteiger charge is -2.27. The third kappa shape index (κ3) is 2.49. The zero-order valence-electron chi connectivity index (χ0n) is 10.7. The number of hydrogen-bond donors (Lipinski definition) is 1. The van der Waals surface area contributed by atoms with Crippen LogP contribution in [0.4, 0.5) is 0 Å². The van der Waals surface area contributed by atoms with E-state index in [1.165, 1.54) is 0 Å². The van der Waals surface area contributed by atoms with Crippen LogP contribution in [0.2, 0.25) is 5.15 Å². The van der Waals surface area contributed by atoms with Gasteiger partial charge in [-0.3, -0.25) is 4.90 Å². The number of likely N-dealkylation sites (tertiary alicyclic amines) is 1. The highest BCUT2D eigenvalue weighted by atomic mass is 35.5. The van der Waals surface area contributed by atoms with Gasteiger partial charge >= 0.3 is 0 Å². The molecule has 1 aromatic rings. The predicted octanol–water partition coefficient (Wildman–Crippen LogP) is 1.80. The molecule has 2 N–H and O–H groups in total. The van der Waals surface area contributed by atoms with Crippen LogP contribution >= 0.6 is 11.6 Å². The molecule has 2 atom stereocenters. The van der Waals surface area contributed by atoms with Crippen LogP contribution < -0.4 is 5.73 Å². The Morgan fingerprint density at radius 3 is 2.82 bits per heavy atom. The molecule has 2 unspecified atom stereocenters. The summed E-state index contributed by atoms with van der Waals surface area (Å²) in [4.78, 5) is 6.84. The summed E-state index contributed by atoms with van der Waals surface area (Å²) >= 11 is 6.05. The SMILES string of the molecule is CC(C)CN1CCC(N)C1c1ncc(Cl)n1C. The zero-order valence-corrected chi connectivity index (χ0v) is 11.5. The number of hydrogen-bond acceptors (Lipinski definition) is 3. The molecule has 0 spiro atoms. The average Bonchev–Trinajstić information content (AvgIpc) is 2.74. The molecule has 0 aliphatic carbocycles. The fraction of sp³-hybridized carbons (Fsp3) is 0.750. The van der Waals surface area contributed by atoms with Crippen LogP contribution in [0.3, 0.4) is 0 Å². The summed E-state index contributed by atoms with van der Waals surface area (Å²) in [7, 11) is 1.95. The summed E-state index contributed by atoms with van der Waals surface area (Å²) in [5.74, 6) is 1.62. The van der Waals surface area contributed by atoms with Crippen molar-refractivity contribution < 1.29 is 0 Å². The normalized spacial score (nSPS) is 26.0. The van der Waals surface area contributed by atoms with E-state index in [4.69, 9.17) is 17.3 Å². The van der Waals surface area contributed by atoms with Crippen LogP contribution in [0.1, 0.15) is 32.1 Å². The van der Waals surface area contributed by atoms with Gasteiger partial charge in [0.05, 0.1) is 12.2 Å². The molecule has 1 aromatic heterocycles. The standard InChI is InChI=1S/C12H21ClN4/c1-8(2)7-17-5-4-9(14)11(17)12-15-6-10(13)16(12)3/h6,8-9,11H,4-5,7,14H2,1-3H3. The second-order valence-electron chi connectivity index (χ2n) is 5.28. The van der Waals surface area contributed by atoms with Gasteiger partial charge < -0.3 is 10.3 Å². The van der Waals surface area contributed by atoms with Crippen LogP contribution in [0.5, 0.6) is 0 Å². The summed E-state index contributed by atoms with van der Waals surface area (Å²) in [6.45, 7) is 6.57. The van der Waals surface area contributed by atoms with Gasteiger partial charge in [0.25, 0.3) is 0 Å². The quantitative estimate of drug-likeness (QED) is 0.897. The Balaban J connectivity index is 2.24. The van der Waals surface area contributed by atoms with Crippen LogP contribution in [0.15, 0.2) is 6.20 Å². The number of nitrogens with zero attached hydrogens (tertiary/aromatic N) is 3. The molecule has 96 valence electrons. The van der Waals surface area contributed by atoms with Crippen molar-refractivity contribution in [3.8, 4) is 0 Å². The van der Waals surface area contributed by atoms with Gasteiger partial charge in [-0.1, -0.05) is 25.4 Å². The molecular weight excluding hydrogens is 236 g/mol. The van der Waals surface area contributed by atoms with E-state index in [9.17, 15) is 0 Å². The lowest BCUT2D eigenvalue weighted by Crippen LogP contribution is -2.35. The van der Waals surface area contributed by atoms with Crippen LogP contribution in [0, 0.1) is 5.92 Å². The van der Waals surface area contributed by atoms with Crippen molar-refractivity contribution in [3.05, 3.63) is 17.2 Å². The van der Waals surface area contributed by atoms with Crippen LogP contribution in [0.25, 0.3) is 0 Å². The molecule has 0 aromatic carbocycles. The molecule has 2 heterocycles. The summed E-state index contributed by atoms with van der Waals surface area (Å²) < 4.78 is 1.94. The van der Waals surface area contributed by atoms with Gasteiger partial charge in [-0.05, 0) is 12.3 Å². The molecule has 0 bridgehead atoms. The number of rotatable bonds is 3. The minimum Gasteiger partial charge on any atom is -0.326 e. The highest BCUT2D eigenvalue weighted by Gasteiger charge is 2.35. The number of imidazole rings is 1. The molecule has 1 saturated heterocycles. The maximum atomic E-state index is 6.22. The van der Waals surface area contributed by atoms with Gasteiger partial charge in [-0.15, -0.1) is 0 Å². The molecule has 1 fully saturated rings. The maximum absolute atomic E-state index is 6.22. The highest BCUT2D eigenvalue weighted by Crippen LogP contribution is 2.31. The van der Waals surface area contributed by atoms with Gasteiger partial charge in [0.2, 0.25) is 0 Å². The van der Waals surface area contributed by atoms with Gasteiger partial charge in [-0.25, -0.2) is 4.98 Å². The Kier molecular flexibility index (Phi) is 3.76. The molecule has 17 heavy (non-hydrogen) atoms. The van der Waals surface area contributed by atoms with Gasteiger partial charge in [0, 0.05) is 26.2 Å². The van der Waals surface area contributed by atoms with E-state index in [-0.39, 0.29) is 12.1 Å². The number of aromatic nitrogens is 2.